The molecule has 2 N–H and O–H groups in total. The minimum Gasteiger partial charge on any atom is -0.480 e. The third kappa shape index (κ3) is 1.94. The number of carbonyl (C=O) groups excluding carboxylic acids is 1. The van der Waals surface area contributed by atoms with Crippen molar-refractivity contribution < 1.29 is 19.8 Å². The highest BCUT2D eigenvalue weighted by Gasteiger charge is 2.39. The average molecular weight is 241 g/mol. The van der Waals surface area contributed by atoms with Crippen LogP contribution in [0.4, 0.5) is 0 Å². The van der Waals surface area contributed by atoms with Crippen molar-refractivity contribution in [2.45, 2.75) is 18.6 Å². The van der Waals surface area contributed by atoms with E-state index in [1.807, 2.05) is 0 Å². The van der Waals surface area contributed by atoms with Crippen molar-refractivity contribution in [3.05, 3.63) is 22.4 Å². The zero-order chi connectivity index (χ0) is 11.7. The summed E-state index contributed by atoms with van der Waals surface area (Å²) in [5, 5.41) is 20.1. The van der Waals surface area contributed by atoms with Crippen molar-refractivity contribution in [2.24, 2.45) is 0 Å². The first-order chi connectivity index (χ1) is 7.59. The molecule has 0 aliphatic carbocycles. The molecule has 1 aliphatic rings. The van der Waals surface area contributed by atoms with Gasteiger partial charge in [-0.3, -0.25) is 4.79 Å². The summed E-state index contributed by atoms with van der Waals surface area (Å²) < 4.78 is 0. The first kappa shape index (κ1) is 11.1. The molecule has 1 saturated heterocycles. The van der Waals surface area contributed by atoms with Gasteiger partial charge in [0, 0.05) is 13.0 Å². The van der Waals surface area contributed by atoms with Crippen LogP contribution < -0.4 is 0 Å². The van der Waals surface area contributed by atoms with Gasteiger partial charge in [-0.05, 0) is 11.4 Å². The molecule has 16 heavy (non-hydrogen) atoms. The number of carbonyl (C=O) groups is 2. The number of carboxylic acid groups (broad SMARTS) is 1. The Morgan fingerprint density at radius 3 is 2.81 bits per heavy atom. The van der Waals surface area contributed by atoms with E-state index in [4.69, 9.17) is 5.11 Å². The fourth-order valence-corrected chi connectivity index (χ4v) is 2.49. The van der Waals surface area contributed by atoms with Crippen molar-refractivity contribution in [1.82, 2.24) is 4.90 Å². The quantitative estimate of drug-likeness (QED) is 0.786. The molecule has 2 unspecified atom stereocenters. The molecule has 1 aromatic rings. The van der Waals surface area contributed by atoms with E-state index in [1.54, 1.807) is 17.5 Å². The molecule has 0 bridgehead atoms. The number of hydrogen-bond acceptors (Lipinski definition) is 4. The maximum Gasteiger partial charge on any atom is 0.326 e. The van der Waals surface area contributed by atoms with Gasteiger partial charge in [-0.25, -0.2) is 4.79 Å². The molecule has 2 rings (SSSR count). The summed E-state index contributed by atoms with van der Waals surface area (Å²) >= 11 is 1.27. The number of aliphatic hydroxyl groups excluding tert-OH is 1. The second-order valence-corrected chi connectivity index (χ2v) is 4.63. The Labute approximate surface area is 95.9 Å². The molecule has 1 amide bonds. The maximum atomic E-state index is 11.9. The van der Waals surface area contributed by atoms with Crippen LogP contribution in [-0.4, -0.2) is 45.7 Å². The summed E-state index contributed by atoms with van der Waals surface area (Å²) in [6.07, 6.45) is -0.642. The van der Waals surface area contributed by atoms with Crippen molar-refractivity contribution in [3.8, 4) is 0 Å². The summed E-state index contributed by atoms with van der Waals surface area (Å²) in [5.74, 6) is -1.39. The lowest BCUT2D eigenvalue weighted by atomic mass is 10.2. The minimum atomic E-state index is -1.07. The van der Waals surface area contributed by atoms with Gasteiger partial charge in [0.1, 0.15) is 6.04 Å². The number of aliphatic carboxylic acids is 1. The molecule has 6 heteroatoms. The van der Waals surface area contributed by atoms with E-state index in [9.17, 15) is 14.7 Å². The van der Waals surface area contributed by atoms with Crippen LogP contribution in [0.2, 0.25) is 0 Å². The minimum absolute atomic E-state index is 0.0910. The normalized spacial score (nSPS) is 24.7. The van der Waals surface area contributed by atoms with E-state index < -0.39 is 18.1 Å². The Bertz CT molecular complexity index is 403. The first-order valence-corrected chi connectivity index (χ1v) is 5.73. The van der Waals surface area contributed by atoms with Crippen LogP contribution in [0, 0.1) is 0 Å². The molecule has 2 heterocycles. The predicted octanol–water partition coefficient (Wildman–Crippen LogP) is 0.408. The third-order valence-electron chi connectivity index (χ3n) is 2.56. The Balaban J connectivity index is 2.20. The van der Waals surface area contributed by atoms with E-state index in [0.29, 0.717) is 4.88 Å². The molecule has 1 fully saturated rings. The highest BCUT2D eigenvalue weighted by molar-refractivity contribution is 7.12. The second kappa shape index (κ2) is 4.23. The summed E-state index contributed by atoms with van der Waals surface area (Å²) in [7, 11) is 0. The fourth-order valence-electron chi connectivity index (χ4n) is 1.81. The standard InChI is InChI=1S/C10H11NO4S/c12-6-4-7(10(14)15)11(5-6)9(13)8-2-1-3-16-8/h1-3,6-7,12H,4-5H2,(H,14,15). The van der Waals surface area contributed by atoms with Crippen LogP contribution in [0.15, 0.2) is 17.5 Å². The van der Waals surface area contributed by atoms with Gasteiger partial charge in [0.05, 0.1) is 11.0 Å². The Morgan fingerprint density at radius 1 is 1.50 bits per heavy atom. The van der Waals surface area contributed by atoms with Crippen LogP contribution >= 0.6 is 11.3 Å². The van der Waals surface area contributed by atoms with Gasteiger partial charge < -0.3 is 15.1 Å². The number of nitrogens with zero attached hydrogens (tertiary/aromatic N) is 1. The monoisotopic (exact) mass is 241 g/mol. The molecule has 2 atom stereocenters. The number of thiophene rings is 1. The SMILES string of the molecule is O=C(O)C1CC(O)CN1C(=O)c1cccs1. The number of β-amino-alcohol motifs (C(OH)–C–C–N with tert-alkyl or cyclic N) is 1. The number of amides is 1. The number of aliphatic hydroxyl groups is 1. The van der Waals surface area contributed by atoms with Gasteiger partial charge in [0.25, 0.3) is 5.91 Å². The van der Waals surface area contributed by atoms with Crippen molar-refractivity contribution in [2.75, 3.05) is 6.54 Å². The molecule has 0 radical (unpaired) electrons. The zero-order valence-corrected chi connectivity index (χ0v) is 9.18. The van der Waals surface area contributed by atoms with Gasteiger partial charge in [-0.2, -0.15) is 0 Å². The molecule has 0 aromatic carbocycles. The number of hydrogen-bond donors (Lipinski definition) is 2. The molecule has 5 nitrogen and oxygen atoms in total. The number of rotatable bonds is 2. The van der Waals surface area contributed by atoms with Crippen LogP contribution in [0.3, 0.4) is 0 Å². The lowest BCUT2D eigenvalue weighted by Gasteiger charge is -2.20. The average Bonchev–Trinajstić information content (AvgIpc) is 2.84. The molecule has 0 spiro atoms. The van der Waals surface area contributed by atoms with Crippen LogP contribution in [0.25, 0.3) is 0 Å². The first-order valence-electron chi connectivity index (χ1n) is 4.85. The summed E-state index contributed by atoms with van der Waals surface area (Å²) in [6, 6.07) is 2.47. The summed E-state index contributed by atoms with van der Waals surface area (Å²) in [6.45, 7) is 0.0910. The highest BCUT2D eigenvalue weighted by atomic mass is 32.1. The van der Waals surface area contributed by atoms with Gasteiger partial charge in [-0.15, -0.1) is 11.3 Å². The smallest absolute Gasteiger partial charge is 0.326 e. The fraction of sp³-hybridized carbons (Fsp3) is 0.400. The topological polar surface area (TPSA) is 77.8 Å². The van der Waals surface area contributed by atoms with E-state index in [-0.39, 0.29) is 18.9 Å². The molecular weight excluding hydrogens is 230 g/mol. The predicted molar refractivity (Wildman–Crippen MR) is 57.4 cm³/mol. The van der Waals surface area contributed by atoms with E-state index >= 15 is 0 Å². The summed E-state index contributed by atoms with van der Waals surface area (Å²) in [4.78, 5) is 24.6. The Kier molecular flexibility index (Phi) is 2.93. The van der Waals surface area contributed by atoms with Gasteiger partial charge in [0.2, 0.25) is 0 Å². The van der Waals surface area contributed by atoms with E-state index in [0.717, 1.165) is 0 Å². The van der Waals surface area contributed by atoms with E-state index in [1.165, 1.54) is 16.2 Å². The molecule has 1 aromatic heterocycles. The Morgan fingerprint density at radius 2 is 2.25 bits per heavy atom. The molecule has 1 aliphatic heterocycles. The largest absolute Gasteiger partial charge is 0.480 e. The maximum absolute atomic E-state index is 11.9. The van der Waals surface area contributed by atoms with Crippen LogP contribution in [0.1, 0.15) is 16.1 Å². The van der Waals surface area contributed by atoms with Crippen molar-refractivity contribution in [1.29, 1.82) is 0 Å². The molecule has 86 valence electrons. The number of carboxylic acids is 1. The van der Waals surface area contributed by atoms with E-state index in [2.05, 4.69) is 0 Å². The Hall–Kier alpha value is -1.40. The molecular formula is C10H11NO4S. The van der Waals surface area contributed by atoms with Gasteiger partial charge in [-0.1, -0.05) is 6.07 Å². The van der Waals surface area contributed by atoms with Crippen LogP contribution in [0.5, 0.6) is 0 Å². The van der Waals surface area contributed by atoms with Crippen LogP contribution in [-0.2, 0) is 4.79 Å². The van der Waals surface area contributed by atoms with Gasteiger partial charge >= 0.3 is 5.97 Å². The lowest BCUT2D eigenvalue weighted by Crippen LogP contribution is -2.40. The molecule has 0 saturated carbocycles. The lowest BCUT2D eigenvalue weighted by molar-refractivity contribution is -0.141. The van der Waals surface area contributed by atoms with Crippen molar-refractivity contribution >= 4 is 23.2 Å². The third-order valence-corrected chi connectivity index (χ3v) is 3.41. The highest BCUT2D eigenvalue weighted by Crippen LogP contribution is 2.22. The second-order valence-electron chi connectivity index (χ2n) is 3.68. The summed E-state index contributed by atoms with van der Waals surface area (Å²) in [5.41, 5.74) is 0. The number of likely N-dealkylation sites (tertiary alicyclic amines) is 1. The van der Waals surface area contributed by atoms with Gasteiger partial charge in [0.15, 0.2) is 0 Å². The van der Waals surface area contributed by atoms with Crippen molar-refractivity contribution in [3.63, 3.8) is 0 Å². The zero-order valence-electron chi connectivity index (χ0n) is 8.37.